The van der Waals surface area contributed by atoms with E-state index in [4.69, 9.17) is 0 Å². The van der Waals surface area contributed by atoms with E-state index in [0.29, 0.717) is 0 Å². The summed E-state index contributed by atoms with van der Waals surface area (Å²) in [4.78, 5) is 17.4. The van der Waals surface area contributed by atoms with Crippen molar-refractivity contribution in [2.45, 2.75) is 4.90 Å². The van der Waals surface area contributed by atoms with Crippen LogP contribution in [0.2, 0.25) is 0 Å². The van der Waals surface area contributed by atoms with E-state index in [1.54, 1.807) is 0 Å². The van der Waals surface area contributed by atoms with Gasteiger partial charge in [0, 0.05) is 19.2 Å². The van der Waals surface area contributed by atoms with Crippen LogP contribution in [0.3, 0.4) is 0 Å². The fourth-order valence-electron chi connectivity index (χ4n) is 1.62. The molecular formula is C11H11N5O4S. The molecule has 110 valence electrons. The number of nitro benzene ring substituents is 1. The molecule has 0 fully saturated rings. The number of anilines is 2. The van der Waals surface area contributed by atoms with Gasteiger partial charge in [-0.25, -0.2) is 18.4 Å². The Morgan fingerprint density at radius 3 is 2.48 bits per heavy atom. The molecule has 0 bridgehead atoms. The summed E-state index contributed by atoms with van der Waals surface area (Å²) in [5, 5.41) is 13.3. The third-order valence-corrected chi connectivity index (χ3v) is 3.99. The van der Waals surface area contributed by atoms with Gasteiger partial charge in [-0.1, -0.05) is 0 Å². The van der Waals surface area contributed by atoms with Crippen LogP contribution >= 0.6 is 0 Å². The quantitative estimate of drug-likeness (QED) is 0.628. The van der Waals surface area contributed by atoms with Crippen LogP contribution in [0.25, 0.3) is 0 Å². The summed E-state index contributed by atoms with van der Waals surface area (Å²) < 4.78 is 26.9. The topological polar surface area (TPSA) is 127 Å². The first-order valence-corrected chi connectivity index (χ1v) is 7.16. The fourth-order valence-corrected chi connectivity index (χ4v) is 2.85. The number of sulfonamides is 1. The molecule has 0 atom stereocenters. The average molecular weight is 309 g/mol. The van der Waals surface area contributed by atoms with Gasteiger partial charge in [0.25, 0.3) is 15.7 Å². The van der Waals surface area contributed by atoms with Gasteiger partial charge in [-0.15, -0.1) is 0 Å². The zero-order valence-corrected chi connectivity index (χ0v) is 11.7. The Kier molecular flexibility index (Phi) is 3.98. The van der Waals surface area contributed by atoms with Crippen LogP contribution in [0.15, 0.2) is 41.8 Å². The van der Waals surface area contributed by atoms with Gasteiger partial charge in [-0.3, -0.25) is 14.8 Å². The maximum absolute atomic E-state index is 12.3. The molecule has 0 aliphatic heterocycles. The zero-order valence-electron chi connectivity index (χ0n) is 10.8. The number of nitro groups is 1. The Balaban J connectivity index is 2.42. The van der Waals surface area contributed by atoms with E-state index in [1.807, 2.05) is 0 Å². The van der Waals surface area contributed by atoms with Gasteiger partial charge < -0.3 is 5.32 Å². The maximum Gasteiger partial charge on any atom is 0.271 e. The lowest BCUT2D eigenvalue weighted by atomic mass is 10.3. The summed E-state index contributed by atoms with van der Waals surface area (Å²) in [7, 11) is -2.44. The minimum Gasteiger partial charge on any atom is -0.387 e. The number of hydrogen-bond donors (Lipinski definition) is 2. The van der Waals surface area contributed by atoms with Crippen molar-refractivity contribution in [1.29, 1.82) is 0 Å². The highest BCUT2D eigenvalue weighted by Crippen LogP contribution is 2.27. The first-order valence-electron chi connectivity index (χ1n) is 5.68. The van der Waals surface area contributed by atoms with Gasteiger partial charge in [0.05, 0.1) is 28.7 Å². The van der Waals surface area contributed by atoms with E-state index in [0.717, 1.165) is 18.2 Å². The van der Waals surface area contributed by atoms with Gasteiger partial charge in [0.15, 0.2) is 0 Å². The van der Waals surface area contributed by atoms with Crippen molar-refractivity contribution in [1.82, 2.24) is 9.97 Å². The third kappa shape index (κ3) is 3.23. The van der Waals surface area contributed by atoms with Crippen molar-refractivity contribution in [2.24, 2.45) is 0 Å². The van der Waals surface area contributed by atoms with Gasteiger partial charge in [-0.2, -0.15) is 0 Å². The van der Waals surface area contributed by atoms with Crippen LogP contribution in [0, 0.1) is 10.1 Å². The smallest absolute Gasteiger partial charge is 0.271 e. The van der Waals surface area contributed by atoms with E-state index in [9.17, 15) is 18.5 Å². The molecule has 0 radical (unpaired) electrons. The van der Waals surface area contributed by atoms with Crippen LogP contribution in [0.4, 0.5) is 17.1 Å². The Morgan fingerprint density at radius 2 is 1.90 bits per heavy atom. The van der Waals surface area contributed by atoms with Crippen LogP contribution in [-0.2, 0) is 10.0 Å². The summed E-state index contributed by atoms with van der Waals surface area (Å²) in [5.41, 5.74) is 0.104. The highest BCUT2D eigenvalue weighted by atomic mass is 32.2. The van der Waals surface area contributed by atoms with E-state index >= 15 is 0 Å². The van der Waals surface area contributed by atoms with Gasteiger partial charge >= 0.3 is 0 Å². The molecule has 10 heteroatoms. The SMILES string of the molecule is CNc1cc([N+](=O)[O-])ccc1S(=O)(=O)Nc1cncnc1. The molecule has 0 amide bonds. The molecule has 1 aromatic carbocycles. The minimum atomic E-state index is -3.91. The average Bonchev–Trinajstić information content (AvgIpc) is 2.47. The number of non-ortho nitro benzene ring substituents is 1. The Labute approximate surface area is 120 Å². The standard InChI is InChI=1S/C11H11N5O4S/c1-12-10-4-9(16(17)18)2-3-11(10)21(19,20)15-8-5-13-7-14-6-8/h2-7,12,15H,1H3. The molecule has 2 aromatic rings. The Morgan fingerprint density at radius 1 is 1.24 bits per heavy atom. The third-order valence-electron chi connectivity index (χ3n) is 2.55. The molecule has 21 heavy (non-hydrogen) atoms. The molecule has 0 saturated heterocycles. The van der Waals surface area contributed by atoms with Crippen molar-refractivity contribution >= 4 is 27.1 Å². The van der Waals surface area contributed by atoms with Crippen LogP contribution in [-0.4, -0.2) is 30.4 Å². The number of hydrogen-bond acceptors (Lipinski definition) is 7. The number of benzene rings is 1. The van der Waals surface area contributed by atoms with Crippen LogP contribution in [0.1, 0.15) is 0 Å². The normalized spacial score (nSPS) is 10.9. The monoisotopic (exact) mass is 309 g/mol. The number of aromatic nitrogens is 2. The summed E-state index contributed by atoms with van der Waals surface area (Å²) in [6.07, 6.45) is 3.87. The molecule has 2 N–H and O–H groups in total. The zero-order chi connectivity index (χ0) is 15.5. The molecule has 0 unspecified atom stereocenters. The fraction of sp³-hybridized carbons (Fsp3) is 0.0909. The predicted octanol–water partition coefficient (Wildman–Crippen LogP) is 1.23. The van der Waals surface area contributed by atoms with Crippen molar-refractivity contribution < 1.29 is 13.3 Å². The molecule has 2 rings (SSSR count). The summed E-state index contributed by atoms with van der Waals surface area (Å²) in [6.45, 7) is 0. The van der Waals surface area contributed by atoms with Crippen LogP contribution < -0.4 is 10.0 Å². The van der Waals surface area contributed by atoms with Gasteiger partial charge in [-0.05, 0) is 6.07 Å². The van der Waals surface area contributed by atoms with E-state index in [1.165, 1.54) is 25.8 Å². The first-order chi connectivity index (χ1) is 9.94. The molecule has 0 aliphatic rings. The molecule has 0 aliphatic carbocycles. The van der Waals surface area contributed by atoms with Crippen LogP contribution in [0.5, 0.6) is 0 Å². The first kappa shape index (κ1) is 14.7. The lowest BCUT2D eigenvalue weighted by Gasteiger charge is -2.11. The number of nitrogens with zero attached hydrogens (tertiary/aromatic N) is 3. The highest BCUT2D eigenvalue weighted by molar-refractivity contribution is 7.92. The van der Waals surface area contributed by atoms with Crippen molar-refractivity contribution in [3.05, 3.63) is 47.0 Å². The lowest BCUT2D eigenvalue weighted by molar-refractivity contribution is -0.384. The molecule has 1 aromatic heterocycles. The second kappa shape index (κ2) is 5.71. The summed E-state index contributed by atoms with van der Waals surface area (Å²) in [6, 6.07) is 3.43. The summed E-state index contributed by atoms with van der Waals surface area (Å²) in [5.74, 6) is 0. The molecule has 0 spiro atoms. The largest absolute Gasteiger partial charge is 0.387 e. The van der Waals surface area contributed by atoms with E-state index in [-0.39, 0.29) is 22.0 Å². The van der Waals surface area contributed by atoms with E-state index < -0.39 is 14.9 Å². The highest BCUT2D eigenvalue weighted by Gasteiger charge is 2.21. The minimum absolute atomic E-state index is 0.112. The van der Waals surface area contributed by atoms with Gasteiger partial charge in [0.2, 0.25) is 0 Å². The molecule has 1 heterocycles. The number of nitrogens with one attached hydrogen (secondary N) is 2. The predicted molar refractivity (Wildman–Crippen MR) is 75.5 cm³/mol. The molecule has 0 saturated carbocycles. The molecule has 9 nitrogen and oxygen atoms in total. The Bertz CT molecular complexity index is 763. The summed E-state index contributed by atoms with van der Waals surface area (Å²) >= 11 is 0. The second-order valence-corrected chi connectivity index (χ2v) is 5.57. The second-order valence-electron chi connectivity index (χ2n) is 3.92. The van der Waals surface area contributed by atoms with E-state index in [2.05, 4.69) is 20.0 Å². The Hall–Kier alpha value is -2.75. The molecular weight excluding hydrogens is 298 g/mol. The van der Waals surface area contributed by atoms with Crippen molar-refractivity contribution in [3.63, 3.8) is 0 Å². The van der Waals surface area contributed by atoms with Gasteiger partial charge in [0.1, 0.15) is 11.2 Å². The maximum atomic E-state index is 12.3. The van der Waals surface area contributed by atoms with Crippen molar-refractivity contribution in [2.75, 3.05) is 17.1 Å². The van der Waals surface area contributed by atoms with Crippen molar-refractivity contribution in [3.8, 4) is 0 Å². The number of rotatable bonds is 5. The lowest BCUT2D eigenvalue weighted by Crippen LogP contribution is -2.15.